The zero-order valence-electron chi connectivity index (χ0n) is 10.4. The summed E-state index contributed by atoms with van der Waals surface area (Å²) >= 11 is 3.69. The van der Waals surface area contributed by atoms with Gasteiger partial charge < -0.3 is 9.84 Å². The Balaban J connectivity index is 2.54. The second-order valence-electron chi connectivity index (χ2n) is 4.70. The molecule has 3 heteroatoms. The highest BCUT2D eigenvalue weighted by atomic mass is 79.9. The van der Waals surface area contributed by atoms with Crippen LogP contribution in [-0.4, -0.2) is 18.8 Å². The Bertz CT molecular complexity index is 415. The summed E-state index contributed by atoms with van der Waals surface area (Å²) in [7, 11) is 1.73. The number of aliphatic hydroxyl groups excluding tert-OH is 1. The highest BCUT2D eigenvalue weighted by Crippen LogP contribution is 2.44. The van der Waals surface area contributed by atoms with Crippen LogP contribution in [0.1, 0.15) is 41.9 Å². The molecular formula is C14H19BrO2. The van der Waals surface area contributed by atoms with Gasteiger partial charge in [0.25, 0.3) is 0 Å². The quantitative estimate of drug-likeness (QED) is 0.924. The van der Waals surface area contributed by atoms with Crippen LogP contribution >= 0.6 is 15.9 Å². The van der Waals surface area contributed by atoms with Crippen molar-refractivity contribution in [3.8, 4) is 5.75 Å². The molecule has 0 bridgehead atoms. The minimum Gasteiger partial charge on any atom is -0.496 e. The third-order valence-corrected chi connectivity index (χ3v) is 4.74. The van der Waals surface area contributed by atoms with Gasteiger partial charge >= 0.3 is 0 Å². The molecule has 1 N–H and O–H groups in total. The smallest absolute Gasteiger partial charge is 0.122 e. The van der Waals surface area contributed by atoms with Gasteiger partial charge in [0.1, 0.15) is 5.75 Å². The summed E-state index contributed by atoms with van der Waals surface area (Å²) in [5, 5.41) is 9.18. The minimum atomic E-state index is 0.249. The third kappa shape index (κ3) is 2.36. The molecule has 1 aromatic carbocycles. The molecule has 0 unspecified atom stereocenters. The lowest BCUT2D eigenvalue weighted by molar-refractivity contribution is 0.267. The van der Waals surface area contributed by atoms with Gasteiger partial charge in [0.15, 0.2) is 0 Å². The predicted octanol–water partition coefficient (Wildman–Crippen LogP) is 3.57. The summed E-state index contributed by atoms with van der Waals surface area (Å²) in [6.07, 6.45) is 4.29. The first-order valence-electron chi connectivity index (χ1n) is 6.15. The van der Waals surface area contributed by atoms with E-state index < -0.39 is 0 Å². The number of aryl methyl sites for hydroxylation is 1. The van der Waals surface area contributed by atoms with Crippen LogP contribution in [0.5, 0.6) is 5.75 Å². The molecule has 0 saturated carbocycles. The largest absolute Gasteiger partial charge is 0.496 e. The summed E-state index contributed by atoms with van der Waals surface area (Å²) in [6.45, 7) is 2.35. The average Bonchev–Trinajstić information content (AvgIpc) is 2.34. The molecule has 0 aliphatic heterocycles. The van der Waals surface area contributed by atoms with Crippen molar-refractivity contribution in [2.24, 2.45) is 0 Å². The molecule has 1 aromatic rings. The Morgan fingerprint density at radius 1 is 1.53 bits per heavy atom. The van der Waals surface area contributed by atoms with E-state index in [1.165, 1.54) is 27.6 Å². The maximum absolute atomic E-state index is 9.18. The number of rotatable bonds is 3. The molecule has 1 aliphatic carbocycles. The van der Waals surface area contributed by atoms with E-state index in [0.29, 0.717) is 5.92 Å². The number of hydrogen-bond acceptors (Lipinski definition) is 2. The van der Waals surface area contributed by atoms with Crippen molar-refractivity contribution in [2.45, 2.75) is 38.5 Å². The van der Waals surface area contributed by atoms with Crippen LogP contribution in [0, 0.1) is 6.92 Å². The number of methoxy groups -OCH3 is 1. The van der Waals surface area contributed by atoms with E-state index in [1.807, 2.05) is 0 Å². The van der Waals surface area contributed by atoms with Crippen LogP contribution in [0.25, 0.3) is 0 Å². The highest BCUT2D eigenvalue weighted by molar-refractivity contribution is 9.10. The fourth-order valence-corrected chi connectivity index (χ4v) is 3.34. The standard InChI is InChI=1S/C14H19BrO2/c1-9-8-12(17-2)13-10(6-7-16)4-3-5-11(13)14(9)15/h8,10,16H,3-7H2,1-2H3/t10-/m0/s1. The molecular weight excluding hydrogens is 280 g/mol. The van der Waals surface area contributed by atoms with Crippen LogP contribution in [0.15, 0.2) is 10.5 Å². The van der Waals surface area contributed by atoms with Gasteiger partial charge in [-0.2, -0.15) is 0 Å². The van der Waals surface area contributed by atoms with Crippen LogP contribution in [-0.2, 0) is 6.42 Å². The normalized spacial score (nSPS) is 18.9. The van der Waals surface area contributed by atoms with Gasteiger partial charge in [-0.1, -0.05) is 15.9 Å². The van der Waals surface area contributed by atoms with E-state index >= 15 is 0 Å². The zero-order valence-corrected chi connectivity index (χ0v) is 12.0. The molecule has 94 valence electrons. The van der Waals surface area contributed by atoms with Crippen LogP contribution < -0.4 is 4.74 Å². The van der Waals surface area contributed by atoms with Gasteiger partial charge in [0, 0.05) is 16.6 Å². The van der Waals surface area contributed by atoms with Gasteiger partial charge in [-0.3, -0.25) is 0 Å². The molecule has 1 atom stereocenters. The second kappa shape index (κ2) is 5.40. The Morgan fingerprint density at radius 3 is 2.94 bits per heavy atom. The van der Waals surface area contributed by atoms with E-state index in [2.05, 4.69) is 28.9 Å². The number of hydrogen-bond donors (Lipinski definition) is 1. The number of ether oxygens (including phenoxy) is 1. The van der Waals surface area contributed by atoms with Gasteiger partial charge in [-0.05, 0) is 55.7 Å². The van der Waals surface area contributed by atoms with E-state index in [1.54, 1.807) is 7.11 Å². The number of halogens is 1. The molecule has 2 rings (SSSR count). The van der Waals surface area contributed by atoms with Crippen molar-refractivity contribution in [1.82, 2.24) is 0 Å². The predicted molar refractivity (Wildman–Crippen MR) is 72.8 cm³/mol. The molecule has 0 amide bonds. The van der Waals surface area contributed by atoms with Gasteiger partial charge in [0.2, 0.25) is 0 Å². The van der Waals surface area contributed by atoms with Gasteiger partial charge in [0.05, 0.1) is 7.11 Å². The van der Waals surface area contributed by atoms with E-state index in [-0.39, 0.29) is 6.61 Å². The Morgan fingerprint density at radius 2 is 2.29 bits per heavy atom. The van der Waals surface area contributed by atoms with Crippen LogP contribution in [0.3, 0.4) is 0 Å². The summed E-state index contributed by atoms with van der Waals surface area (Å²) in [5.41, 5.74) is 3.92. The maximum atomic E-state index is 9.18. The molecule has 0 aromatic heterocycles. The SMILES string of the molecule is COc1cc(C)c(Br)c2c1[C@H](CCO)CCC2. The van der Waals surface area contributed by atoms with Crippen molar-refractivity contribution < 1.29 is 9.84 Å². The maximum Gasteiger partial charge on any atom is 0.122 e. The van der Waals surface area contributed by atoms with Crippen molar-refractivity contribution in [3.05, 3.63) is 27.2 Å². The third-order valence-electron chi connectivity index (χ3n) is 3.63. The molecule has 0 spiro atoms. The first-order chi connectivity index (χ1) is 8.19. The molecule has 1 aliphatic rings. The van der Waals surface area contributed by atoms with Gasteiger partial charge in [-0.15, -0.1) is 0 Å². The minimum absolute atomic E-state index is 0.249. The molecule has 0 radical (unpaired) electrons. The van der Waals surface area contributed by atoms with Gasteiger partial charge in [-0.25, -0.2) is 0 Å². The van der Waals surface area contributed by atoms with Crippen LogP contribution in [0.2, 0.25) is 0 Å². The van der Waals surface area contributed by atoms with Crippen molar-refractivity contribution >= 4 is 15.9 Å². The Kier molecular flexibility index (Phi) is 4.10. The summed E-state index contributed by atoms with van der Waals surface area (Å²) in [4.78, 5) is 0. The van der Waals surface area contributed by atoms with E-state index in [4.69, 9.17) is 4.74 Å². The molecule has 0 fully saturated rings. The first-order valence-corrected chi connectivity index (χ1v) is 6.95. The molecule has 0 saturated heterocycles. The van der Waals surface area contributed by atoms with E-state index in [9.17, 15) is 5.11 Å². The number of benzene rings is 1. The molecule has 2 nitrogen and oxygen atoms in total. The number of fused-ring (bicyclic) bond motifs is 1. The Labute approximate surface area is 111 Å². The highest BCUT2D eigenvalue weighted by Gasteiger charge is 2.26. The fourth-order valence-electron chi connectivity index (χ4n) is 2.82. The van der Waals surface area contributed by atoms with E-state index in [0.717, 1.165) is 25.0 Å². The second-order valence-corrected chi connectivity index (χ2v) is 5.50. The van der Waals surface area contributed by atoms with Crippen molar-refractivity contribution in [3.63, 3.8) is 0 Å². The fraction of sp³-hybridized carbons (Fsp3) is 0.571. The zero-order chi connectivity index (χ0) is 12.4. The number of aliphatic hydroxyl groups is 1. The lowest BCUT2D eigenvalue weighted by atomic mass is 9.80. The van der Waals surface area contributed by atoms with Crippen molar-refractivity contribution in [2.75, 3.05) is 13.7 Å². The summed E-state index contributed by atoms with van der Waals surface area (Å²) in [5.74, 6) is 1.43. The lowest BCUT2D eigenvalue weighted by Gasteiger charge is -2.28. The Hall–Kier alpha value is -0.540. The monoisotopic (exact) mass is 298 g/mol. The average molecular weight is 299 g/mol. The summed E-state index contributed by atoms with van der Waals surface area (Å²) < 4.78 is 6.74. The molecule has 0 heterocycles. The van der Waals surface area contributed by atoms with Crippen LogP contribution in [0.4, 0.5) is 0 Å². The first kappa shape index (κ1) is 12.9. The van der Waals surface area contributed by atoms with Crippen molar-refractivity contribution in [1.29, 1.82) is 0 Å². The lowest BCUT2D eigenvalue weighted by Crippen LogP contribution is -2.14. The topological polar surface area (TPSA) is 29.5 Å². The molecule has 17 heavy (non-hydrogen) atoms. The summed E-state index contributed by atoms with van der Waals surface area (Å²) in [6, 6.07) is 2.10.